The number of carbonyl (C=O) groups is 2. The van der Waals surface area contributed by atoms with Gasteiger partial charge in [-0.25, -0.2) is 0 Å². The van der Waals surface area contributed by atoms with Crippen LogP contribution in [0.3, 0.4) is 0 Å². The molecule has 0 N–H and O–H groups in total. The SMILES string of the molecule is O=C(C(=O)c1cccs1)c1cccs1. The van der Waals surface area contributed by atoms with Gasteiger partial charge in [-0.15, -0.1) is 22.7 Å². The van der Waals surface area contributed by atoms with Crippen molar-refractivity contribution in [2.24, 2.45) is 0 Å². The van der Waals surface area contributed by atoms with Crippen LogP contribution >= 0.6 is 22.7 Å². The highest BCUT2D eigenvalue weighted by Crippen LogP contribution is 2.15. The molecule has 0 saturated carbocycles. The molecule has 0 saturated heterocycles. The molecule has 0 radical (unpaired) electrons. The van der Waals surface area contributed by atoms with Gasteiger partial charge in [0, 0.05) is 0 Å². The Kier molecular flexibility index (Phi) is 2.56. The van der Waals surface area contributed by atoms with E-state index in [1.807, 2.05) is 0 Å². The van der Waals surface area contributed by atoms with Crippen LogP contribution < -0.4 is 0 Å². The van der Waals surface area contributed by atoms with E-state index >= 15 is 0 Å². The van der Waals surface area contributed by atoms with Gasteiger partial charge in [0.15, 0.2) is 0 Å². The zero-order valence-corrected chi connectivity index (χ0v) is 8.73. The molecule has 0 spiro atoms. The van der Waals surface area contributed by atoms with E-state index in [1.165, 1.54) is 22.7 Å². The van der Waals surface area contributed by atoms with Crippen molar-refractivity contribution in [3.8, 4) is 0 Å². The van der Waals surface area contributed by atoms with E-state index in [9.17, 15) is 9.59 Å². The van der Waals surface area contributed by atoms with Gasteiger partial charge in [0.05, 0.1) is 9.75 Å². The lowest BCUT2D eigenvalue weighted by Gasteiger charge is -1.92. The first-order valence-electron chi connectivity index (χ1n) is 3.95. The second-order valence-corrected chi connectivity index (χ2v) is 4.51. The quantitative estimate of drug-likeness (QED) is 0.591. The van der Waals surface area contributed by atoms with Crippen molar-refractivity contribution in [1.82, 2.24) is 0 Å². The minimum atomic E-state index is -0.414. The first kappa shape index (κ1) is 9.30. The van der Waals surface area contributed by atoms with Crippen molar-refractivity contribution in [2.45, 2.75) is 0 Å². The zero-order valence-electron chi connectivity index (χ0n) is 7.10. The summed E-state index contributed by atoms with van der Waals surface area (Å²) in [4.78, 5) is 24.1. The Bertz CT molecular complexity index is 396. The normalized spacial score (nSPS) is 10.0. The van der Waals surface area contributed by atoms with Crippen molar-refractivity contribution >= 4 is 34.2 Å². The summed E-state index contributed by atoms with van der Waals surface area (Å²) >= 11 is 2.58. The minimum absolute atomic E-state index is 0.414. The number of thiophene rings is 2. The molecule has 0 aliphatic carbocycles. The molecule has 14 heavy (non-hydrogen) atoms. The average Bonchev–Trinajstić information content (AvgIpc) is 2.87. The Morgan fingerprint density at radius 1 is 0.857 bits per heavy atom. The lowest BCUT2D eigenvalue weighted by atomic mass is 10.2. The standard InChI is InChI=1S/C10H6O2S2/c11-9(7-3-1-5-13-7)10(12)8-4-2-6-14-8/h1-6H. The van der Waals surface area contributed by atoms with Crippen molar-refractivity contribution in [3.63, 3.8) is 0 Å². The van der Waals surface area contributed by atoms with Gasteiger partial charge in [0.2, 0.25) is 11.6 Å². The summed E-state index contributed by atoms with van der Waals surface area (Å²) in [6, 6.07) is 6.86. The van der Waals surface area contributed by atoms with Crippen LogP contribution in [0.15, 0.2) is 35.0 Å². The molecule has 4 heteroatoms. The molecule has 2 rings (SSSR count). The van der Waals surface area contributed by atoms with Crippen molar-refractivity contribution in [3.05, 3.63) is 44.8 Å². The lowest BCUT2D eigenvalue weighted by molar-refractivity contribution is 0.0821. The number of Topliss-reactive ketones (excluding diaryl/α,β-unsaturated/α-hetero) is 2. The summed E-state index contributed by atoms with van der Waals surface area (Å²) in [5, 5.41) is 3.57. The highest BCUT2D eigenvalue weighted by atomic mass is 32.1. The summed E-state index contributed by atoms with van der Waals surface area (Å²) in [5.74, 6) is -0.829. The van der Waals surface area contributed by atoms with Gasteiger partial charge in [-0.3, -0.25) is 9.59 Å². The van der Waals surface area contributed by atoms with Crippen LogP contribution in [0.4, 0.5) is 0 Å². The number of hydrogen-bond donors (Lipinski definition) is 0. The van der Waals surface area contributed by atoms with E-state index in [2.05, 4.69) is 0 Å². The van der Waals surface area contributed by atoms with Gasteiger partial charge in [0.25, 0.3) is 0 Å². The first-order valence-corrected chi connectivity index (χ1v) is 5.71. The summed E-state index contributed by atoms with van der Waals surface area (Å²) in [6.07, 6.45) is 0. The third-order valence-electron chi connectivity index (χ3n) is 1.70. The van der Waals surface area contributed by atoms with Crippen molar-refractivity contribution < 1.29 is 9.59 Å². The Morgan fingerprint density at radius 2 is 1.29 bits per heavy atom. The van der Waals surface area contributed by atoms with Crippen molar-refractivity contribution in [2.75, 3.05) is 0 Å². The molecule has 2 aromatic rings. The van der Waals surface area contributed by atoms with Crippen LogP contribution in [0, 0.1) is 0 Å². The van der Waals surface area contributed by atoms with Crippen LogP contribution in [-0.4, -0.2) is 11.6 Å². The number of rotatable bonds is 3. The Hall–Kier alpha value is -1.26. The molecule has 2 heterocycles. The summed E-state index contributed by atoms with van der Waals surface area (Å²) in [6.45, 7) is 0. The van der Waals surface area contributed by atoms with Crippen LogP contribution in [0.5, 0.6) is 0 Å². The summed E-state index contributed by atoms with van der Waals surface area (Å²) in [7, 11) is 0. The second kappa shape index (κ2) is 3.86. The van der Waals surface area contributed by atoms with Crippen LogP contribution in [0.25, 0.3) is 0 Å². The zero-order chi connectivity index (χ0) is 9.97. The third-order valence-corrected chi connectivity index (χ3v) is 3.43. The van der Waals surface area contributed by atoms with Gasteiger partial charge in [-0.2, -0.15) is 0 Å². The fourth-order valence-corrected chi connectivity index (χ4v) is 2.36. The lowest BCUT2D eigenvalue weighted by Crippen LogP contribution is -2.11. The molecule has 0 amide bonds. The largest absolute Gasteiger partial charge is 0.284 e. The van der Waals surface area contributed by atoms with E-state index < -0.39 is 11.6 Å². The topological polar surface area (TPSA) is 34.1 Å². The molecule has 2 aromatic heterocycles. The van der Waals surface area contributed by atoms with E-state index in [-0.39, 0.29) is 0 Å². The molecule has 0 aliphatic rings. The fourth-order valence-electron chi connectivity index (χ4n) is 1.04. The Balaban J connectivity index is 2.26. The number of ketones is 2. The smallest absolute Gasteiger partial charge is 0.244 e. The third kappa shape index (κ3) is 1.66. The monoisotopic (exact) mass is 222 g/mol. The predicted octanol–water partition coefficient (Wildman–Crippen LogP) is 2.88. The van der Waals surface area contributed by atoms with Crippen LogP contribution in [0.2, 0.25) is 0 Å². The molecule has 0 unspecified atom stereocenters. The summed E-state index contributed by atoms with van der Waals surface area (Å²) < 4.78 is 0. The molecule has 0 atom stereocenters. The highest BCUT2D eigenvalue weighted by Gasteiger charge is 2.19. The molecule has 0 bridgehead atoms. The molecule has 0 aliphatic heterocycles. The number of hydrogen-bond acceptors (Lipinski definition) is 4. The Labute approximate surface area is 88.8 Å². The number of carbonyl (C=O) groups excluding carboxylic acids is 2. The van der Waals surface area contributed by atoms with Gasteiger partial charge < -0.3 is 0 Å². The molecule has 70 valence electrons. The van der Waals surface area contributed by atoms with Crippen LogP contribution in [0.1, 0.15) is 19.3 Å². The van der Waals surface area contributed by atoms with E-state index in [1.54, 1.807) is 35.0 Å². The fraction of sp³-hybridized carbons (Fsp3) is 0. The molecule has 0 aromatic carbocycles. The molecule has 2 nitrogen and oxygen atoms in total. The predicted molar refractivity (Wildman–Crippen MR) is 57.3 cm³/mol. The maximum absolute atomic E-state index is 11.6. The van der Waals surface area contributed by atoms with Gasteiger partial charge in [-0.05, 0) is 22.9 Å². The van der Waals surface area contributed by atoms with Crippen LogP contribution in [-0.2, 0) is 0 Å². The van der Waals surface area contributed by atoms with Gasteiger partial charge in [-0.1, -0.05) is 12.1 Å². The van der Waals surface area contributed by atoms with E-state index in [0.29, 0.717) is 9.75 Å². The van der Waals surface area contributed by atoms with E-state index in [4.69, 9.17) is 0 Å². The van der Waals surface area contributed by atoms with Crippen molar-refractivity contribution in [1.29, 1.82) is 0 Å². The highest BCUT2D eigenvalue weighted by molar-refractivity contribution is 7.15. The maximum Gasteiger partial charge on any atom is 0.244 e. The minimum Gasteiger partial charge on any atom is -0.284 e. The van der Waals surface area contributed by atoms with Gasteiger partial charge >= 0.3 is 0 Å². The summed E-state index contributed by atoms with van der Waals surface area (Å²) in [5.41, 5.74) is 0. The molecular weight excluding hydrogens is 216 g/mol. The molecular formula is C10H6O2S2. The first-order chi connectivity index (χ1) is 6.79. The average molecular weight is 222 g/mol. The molecule has 0 fully saturated rings. The van der Waals surface area contributed by atoms with E-state index in [0.717, 1.165) is 0 Å². The Morgan fingerprint density at radius 3 is 1.57 bits per heavy atom. The maximum atomic E-state index is 11.6. The second-order valence-electron chi connectivity index (χ2n) is 2.61. The van der Waals surface area contributed by atoms with Gasteiger partial charge in [0.1, 0.15) is 0 Å².